The predicted molar refractivity (Wildman–Crippen MR) is 96.6 cm³/mol. The van der Waals surface area contributed by atoms with E-state index in [1.807, 2.05) is 6.08 Å². The molecule has 1 aromatic rings. The maximum Gasteiger partial charge on any atom is 0.191 e. The fourth-order valence-corrected chi connectivity index (χ4v) is 2.34. The number of aromatic nitrogens is 3. The average molecular weight is 320 g/mol. The summed E-state index contributed by atoms with van der Waals surface area (Å²) in [5.41, 5.74) is 0. The number of aryl methyl sites for hydroxylation is 1. The third kappa shape index (κ3) is 7.81. The standard InChI is InChI=1S/C17H32N6/c1-5-8-9-10-15(4)21-17(18-11-6-2)19-12-13-23-14-20-22-16(23)7-3/h6,14-15H,2,5,7-13H2,1,3-4H3,(H2,18,19,21). The van der Waals surface area contributed by atoms with Gasteiger partial charge in [0.1, 0.15) is 12.2 Å². The third-order valence-electron chi connectivity index (χ3n) is 3.66. The van der Waals surface area contributed by atoms with Crippen molar-refractivity contribution in [3.8, 4) is 0 Å². The number of hydrogen-bond acceptors (Lipinski definition) is 3. The van der Waals surface area contributed by atoms with Crippen molar-refractivity contribution in [2.24, 2.45) is 4.99 Å². The first-order valence-corrected chi connectivity index (χ1v) is 8.73. The van der Waals surface area contributed by atoms with Crippen molar-refractivity contribution in [1.82, 2.24) is 25.4 Å². The molecule has 0 fully saturated rings. The molecule has 0 saturated heterocycles. The van der Waals surface area contributed by atoms with E-state index in [1.165, 1.54) is 19.3 Å². The van der Waals surface area contributed by atoms with Gasteiger partial charge in [-0.05, 0) is 13.3 Å². The molecule has 0 spiro atoms. The molecule has 2 N–H and O–H groups in total. The summed E-state index contributed by atoms with van der Waals surface area (Å²) >= 11 is 0. The van der Waals surface area contributed by atoms with Crippen molar-refractivity contribution in [1.29, 1.82) is 0 Å². The lowest BCUT2D eigenvalue weighted by Crippen LogP contribution is -2.42. The number of aliphatic imine (C=N–C) groups is 1. The second-order valence-electron chi connectivity index (χ2n) is 5.74. The summed E-state index contributed by atoms with van der Waals surface area (Å²) in [6.45, 7) is 12.5. The Morgan fingerprint density at radius 2 is 2.26 bits per heavy atom. The first kappa shape index (κ1) is 19.2. The van der Waals surface area contributed by atoms with Gasteiger partial charge in [0.25, 0.3) is 0 Å². The summed E-state index contributed by atoms with van der Waals surface area (Å²) in [5, 5.41) is 14.8. The predicted octanol–water partition coefficient (Wildman–Crippen LogP) is 2.53. The molecule has 0 aliphatic carbocycles. The van der Waals surface area contributed by atoms with Crippen molar-refractivity contribution in [2.75, 3.05) is 13.1 Å². The van der Waals surface area contributed by atoms with Gasteiger partial charge in [0.15, 0.2) is 5.96 Å². The molecule has 1 unspecified atom stereocenters. The van der Waals surface area contributed by atoms with Gasteiger partial charge in [0, 0.05) is 25.6 Å². The minimum Gasteiger partial charge on any atom is -0.354 e. The van der Waals surface area contributed by atoms with Crippen LogP contribution in [0.5, 0.6) is 0 Å². The molecule has 1 rings (SSSR count). The molecule has 1 aromatic heterocycles. The molecule has 6 nitrogen and oxygen atoms in total. The molecule has 0 aliphatic heterocycles. The summed E-state index contributed by atoms with van der Waals surface area (Å²) in [4.78, 5) is 4.65. The van der Waals surface area contributed by atoms with E-state index in [4.69, 9.17) is 0 Å². The monoisotopic (exact) mass is 320 g/mol. The van der Waals surface area contributed by atoms with E-state index in [0.717, 1.165) is 31.2 Å². The van der Waals surface area contributed by atoms with Gasteiger partial charge in [-0.1, -0.05) is 39.2 Å². The van der Waals surface area contributed by atoms with Crippen molar-refractivity contribution in [3.63, 3.8) is 0 Å². The van der Waals surface area contributed by atoms with Crippen LogP contribution in [-0.4, -0.2) is 39.9 Å². The van der Waals surface area contributed by atoms with Gasteiger partial charge >= 0.3 is 0 Å². The second-order valence-corrected chi connectivity index (χ2v) is 5.74. The number of nitrogens with zero attached hydrogens (tertiary/aromatic N) is 4. The highest BCUT2D eigenvalue weighted by molar-refractivity contribution is 5.80. The zero-order valence-corrected chi connectivity index (χ0v) is 14.9. The highest BCUT2D eigenvalue weighted by atomic mass is 15.3. The highest BCUT2D eigenvalue weighted by Crippen LogP contribution is 2.02. The fourth-order valence-electron chi connectivity index (χ4n) is 2.34. The Morgan fingerprint density at radius 1 is 1.43 bits per heavy atom. The van der Waals surface area contributed by atoms with Gasteiger partial charge in [-0.15, -0.1) is 16.8 Å². The second kappa shape index (κ2) is 11.7. The number of hydrogen-bond donors (Lipinski definition) is 2. The zero-order valence-electron chi connectivity index (χ0n) is 14.9. The van der Waals surface area contributed by atoms with Crippen molar-refractivity contribution in [2.45, 2.75) is 65.5 Å². The van der Waals surface area contributed by atoms with Gasteiger partial charge in [-0.2, -0.15) is 0 Å². The maximum atomic E-state index is 4.65. The molecule has 0 aliphatic rings. The van der Waals surface area contributed by atoms with Crippen LogP contribution in [0.25, 0.3) is 0 Å². The molecule has 0 saturated carbocycles. The first-order valence-electron chi connectivity index (χ1n) is 8.73. The Morgan fingerprint density at radius 3 is 2.96 bits per heavy atom. The van der Waals surface area contributed by atoms with E-state index in [0.29, 0.717) is 19.1 Å². The van der Waals surface area contributed by atoms with Crippen LogP contribution in [0, 0.1) is 0 Å². The molecule has 0 bridgehead atoms. The number of nitrogens with one attached hydrogen (secondary N) is 2. The summed E-state index contributed by atoms with van der Waals surface area (Å²) in [6, 6.07) is 0.415. The Balaban J connectivity index is 2.49. The van der Waals surface area contributed by atoms with E-state index in [1.54, 1.807) is 6.33 Å². The van der Waals surface area contributed by atoms with E-state index in [9.17, 15) is 0 Å². The van der Waals surface area contributed by atoms with Crippen molar-refractivity contribution < 1.29 is 0 Å². The number of unbranched alkanes of at least 4 members (excludes halogenated alkanes) is 2. The quantitative estimate of drug-likeness (QED) is 0.284. The van der Waals surface area contributed by atoms with Crippen LogP contribution < -0.4 is 10.6 Å². The molecule has 23 heavy (non-hydrogen) atoms. The normalized spacial score (nSPS) is 12.9. The van der Waals surface area contributed by atoms with Crippen LogP contribution in [0.2, 0.25) is 0 Å². The molecule has 1 heterocycles. The lowest BCUT2D eigenvalue weighted by molar-refractivity contribution is 0.546. The molecule has 0 aromatic carbocycles. The summed E-state index contributed by atoms with van der Waals surface area (Å²) in [6.07, 6.45) is 9.44. The summed E-state index contributed by atoms with van der Waals surface area (Å²) < 4.78 is 2.05. The van der Waals surface area contributed by atoms with Gasteiger partial charge in [-0.3, -0.25) is 4.99 Å². The molecular weight excluding hydrogens is 288 g/mol. The number of guanidine groups is 1. The average Bonchev–Trinajstić information content (AvgIpc) is 3.00. The third-order valence-corrected chi connectivity index (χ3v) is 3.66. The van der Waals surface area contributed by atoms with Gasteiger partial charge in [-0.25, -0.2) is 0 Å². The molecule has 0 amide bonds. The molecule has 6 heteroatoms. The Hall–Kier alpha value is -1.85. The van der Waals surface area contributed by atoms with Gasteiger partial charge in [0.05, 0.1) is 6.54 Å². The molecular formula is C17H32N6. The lowest BCUT2D eigenvalue weighted by Gasteiger charge is -2.18. The van der Waals surface area contributed by atoms with Crippen LogP contribution in [-0.2, 0) is 13.0 Å². The molecule has 0 radical (unpaired) electrons. The molecule has 1 atom stereocenters. The van der Waals surface area contributed by atoms with E-state index in [2.05, 4.69) is 57.7 Å². The Kier molecular flexibility index (Phi) is 9.75. The van der Waals surface area contributed by atoms with Crippen LogP contribution in [0.4, 0.5) is 0 Å². The van der Waals surface area contributed by atoms with E-state index >= 15 is 0 Å². The largest absolute Gasteiger partial charge is 0.354 e. The number of rotatable bonds is 11. The van der Waals surface area contributed by atoms with Gasteiger partial charge < -0.3 is 15.2 Å². The Labute approximate surface area is 140 Å². The summed E-state index contributed by atoms with van der Waals surface area (Å²) in [7, 11) is 0. The van der Waals surface area contributed by atoms with Crippen molar-refractivity contribution in [3.05, 3.63) is 24.8 Å². The van der Waals surface area contributed by atoms with Crippen LogP contribution in [0.15, 0.2) is 24.0 Å². The van der Waals surface area contributed by atoms with Gasteiger partial charge in [0.2, 0.25) is 0 Å². The van der Waals surface area contributed by atoms with Crippen LogP contribution in [0.3, 0.4) is 0 Å². The Bertz CT molecular complexity index is 465. The van der Waals surface area contributed by atoms with E-state index < -0.39 is 0 Å². The minimum absolute atomic E-state index is 0.415. The molecule has 130 valence electrons. The highest BCUT2D eigenvalue weighted by Gasteiger charge is 2.05. The maximum absolute atomic E-state index is 4.65. The lowest BCUT2D eigenvalue weighted by atomic mass is 10.1. The zero-order chi connectivity index (χ0) is 16.9. The SMILES string of the molecule is C=CCNC(=NCCn1cnnc1CC)NC(C)CCCCC. The topological polar surface area (TPSA) is 67.1 Å². The van der Waals surface area contributed by atoms with Crippen LogP contribution >= 0.6 is 0 Å². The first-order chi connectivity index (χ1) is 11.2. The van der Waals surface area contributed by atoms with Crippen molar-refractivity contribution >= 4 is 5.96 Å². The van der Waals surface area contributed by atoms with Crippen LogP contribution in [0.1, 0.15) is 52.3 Å². The van der Waals surface area contributed by atoms with E-state index in [-0.39, 0.29) is 0 Å². The summed E-state index contributed by atoms with van der Waals surface area (Å²) in [5.74, 6) is 1.85. The smallest absolute Gasteiger partial charge is 0.191 e. The minimum atomic E-state index is 0.415. The fraction of sp³-hybridized carbons (Fsp3) is 0.706.